The van der Waals surface area contributed by atoms with E-state index in [1.54, 1.807) is 26.2 Å². The zero-order valence-corrected chi connectivity index (χ0v) is 15.9. The van der Waals surface area contributed by atoms with Crippen LogP contribution in [0.2, 0.25) is 0 Å². The van der Waals surface area contributed by atoms with Crippen molar-refractivity contribution in [2.45, 2.75) is 43.2 Å². The molecule has 1 fully saturated rings. The predicted octanol–water partition coefficient (Wildman–Crippen LogP) is 1.70. The smallest absolute Gasteiger partial charge is 0.253 e. The van der Waals surface area contributed by atoms with Crippen molar-refractivity contribution in [2.24, 2.45) is 5.73 Å². The Kier molecular flexibility index (Phi) is 7.22. The maximum atomic E-state index is 12.9. The van der Waals surface area contributed by atoms with Gasteiger partial charge in [0.1, 0.15) is 0 Å². The van der Waals surface area contributed by atoms with Gasteiger partial charge in [-0.2, -0.15) is 4.31 Å². The van der Waals surface area contributed by atoms with Crippen LogP contribution in [-0.4, -0.2) is 56.3 Å². The Balaban J connectivity index is 0.00000288. The number of nitrogens with two attached hydrogens (primary N) is 1. The van der Waals surface area contributed by atoms with E-state index in [1.807, 2.05) is 6.92 Å². The first-order valence-electron chi connectivity index (χ1n) is 7.84. The number of benzene rings is 1. The molecular weight excluding hydrogens is 350 g/mol. The molecular formula is C16H26ClN3O3S. The Bertz CT molecular complexity index is 660. The molecule has 1 amide bonds. The summed E-state index contributed by atoms with van der Waals surface area (Å²) in [7, 11) is -0.269. The Morgan fingerprint density at radius 2 is 1.83 bits per heavy atom. The summed E-state index contributed by atoms with van der Waals surface area (Å²) in [5.41, 5.74) is 6.44. The van der Waals surface area contributed by atoms with Crippen LogP contribution in [0.5, 0.6) is 0 Å². The molecule has 0 spiro atoms. The van der Waals surface area contributed by atoms with Crippen LogP contribution >= 0.6 is 12.4 Å². The fraction of sp³-hybridized carbons (Fsp3) is 0.562. The van der Waals surface area contributed by atoms with Gasteiger partial charge in [0.25, 0.3) is 5.91 Å². The number of amides is 1. The zero-order valence-electron chi connectivity index (χ0n) is 14.3. The molecule has 2 atom stereocenters. The first kappa shape index (κ1) is 20.9. The van der Waals surface area contributed by atoms with E-state index in [4.69, 9.17) is 5.73 Å². The van der Waals surface area contributed by atoms with Gasteiger partial charge >= 0.3 is 0 Å². The van der Waals surface area contributed by atoms with Crippen LogP contribution in [0.1, 0.15) is 36.5 Å². The lowest BCUT2D eigenvalue weighted by atomic mass is 10.00. The number of nitrogens with zero attached hydrogens (tertiary/aromatic N) is 2. The van der Waals surface area contributed by atoms with Crippen molar-refractivity contribution in [3.05, 3.63) is 29.8 Å². The van der Waals surface area contributed by atoms with Crippen LogP contribution in [0.25, 0.3) is 0 Å². The highest BCUT2D eigenvalue weighted by atomic mass is 35.5. The van der Waals surface area contributed by atoms with Gasteiger partial charge in [-0.1, -0.05) is 6.42 Å². The van der Waals surface area contributed by atoms with Crippen molar-refractivity contribution >= 4 is 28.3 Å². The zero-order chi connectivity index (χ0) is 17.2. The summed E-state index contributed by atoms with van der Waals surface area (Å²) in [5.74, 6) is -0.152. The minimum atomic E-state index is -3.59. The molecule has 0 aromatic heterocycles. The van der Waals surface area contributed by atoms with Crippen molar-refractivity contribution in [3.8, 4) is 0 Å². The third kappa shape index (κ3) is 4.27. The minimum Gasteiger partial charge on any atom is -0.345 e. The molecule has 0 saturated carbocycles. The molecule has 136 valence electrons. The second-order valence-electron chi connectivity index (χ2n) is 6.26. The van der Waals surface area contributed by atoms with E-state index in [2.05, 4.69) is 0 Å². The van der Waals surface area contributed by atoms with Crippen molar-refractivity contribution in [3.63, 3.8) is 0 Å². The predicted molar refractivity (Wildman–Crippen MR) is 96.9 cm³/mol. The summed E-state index contributed by atoms with van der Waals surface area (Å²) in [6.07, 6.45) is 2.63. The number of halogens is 1. The highest BCUT2D eigenvalue weighted by Gasteiger charge is 2.35. The second-order valence-corrected chi connectivity index (χ2v) is 8.15. The van der Waals surface area contributed by atoms with Crippen molar-refractivity contribution < 1.29 is 13.2 Å². The summed E-state index contributed by atoms with van der Waals surface area (Å²) in [6, 6.07) is 5.73. The van der Waals surface area contributed by atoms with Crippen LogP contribution in [0.3, 0.4) is 0 Å². The number of rotatable bonds is 4. The number of hydrogen-bond acceptors (Lipinski definition) is 4. The molecule has 8 heteroatoms. The monoisotopic (exact) mass is 375 g/mol. The number of sulfonamides is 1. The third-order valence-electron chi connectivity index (χ3n) is 4.22. The van der Waals surface area contributed by atoms with Gasteiger partial charge < -0.3 is 10.6 Å². The highest BCUT2D eigenvalue weighted by molar-refractivity contribution is 7.89. The molecule has 1 aromatic rings. The molecule has 2 rings (SSSR count). The van der Waals surface area contributed by atoms with Crippen LogP contribution < -0.4 is 5.73 Å². The lowest BCUT2D eigenvalue weighted by Gasteiger charge is -2.36. The van der Waals surface area contributed by atoms with E-state index < -0.39 is 10.0 Å². The third-order valence-corrected chi connectivity index (χ3v) is 6.16. The number of carbonyl (C=O) groups excluding carboxylic acids is 1. The maximum Gasteiger partial charge on any atom is 0.253 e. The van der Waals surface area contributed by atoms with E-state index in [0.717, 1.165) is 19.3 Å². The van der Waals surface area contributed by atoms with Gasteiger partial charge in [0.05, 0.1) is 4.90 Å². The van der Waals surface area contributed by atoms with Crippen LogP contribution in [-0.2, 0) is 10.0 Å². The van der Waals surface area contributed by atoms with E-state index in [9.17, 15) is 13.2 Å². The van der Waals surface area contributed by atoms with Crippen molar-refractivity contribution in [1.29, 1.82) is 0 Å². The van der Waals surface area contributed by atoms with Crippen LogP contribution in [0.4, 0.5) is 0 Å². The molecule has 1 heterocycles. The Labute approximate surface area is 150 Å². The molecule has 6 nitrogen and oxygen atoms in total. The first-order chi connectivity index (χ1) is 10.7. The molecule has 1 saturated heterocycles. The summed E-state index contributed by atoms with van der Waals surface area (Å²) in [6.45, 7) is 2.34. The standard InChI is InChI=1S/C16H25N3O3S.ClH/c1-12(17)15-6-4-5-11-19(15)23(21,22)14-9-7-13(8-10-14)16(20)18(2)3;/h7-10,12,15H,4-6,11,17H2,1-3H3;1H. The highest BCUT2D eigenvalue weighted by Crippen LogP contribution is 2.26. The summed E-state index contributed by atoms with van der Waals surface area (Å²) in [5, 5.41) is 0. The van der Waals surface area contributed by atoms with Crippen LogP contribution in [0, 0.1) is 0 Å². The normalized spacial score (nSPS) is 20.1. The molecule has 0 bridgehead atoms. The molecule has 0 radical (unpaired) electrons. The Hall–Kier alpha value is -1.15. The lowest BCUT2D eigenvalue weighted by molar-refractivity contribution is 0.0827. The van der Waals surface area contributed by atoms with E-state index in [-0.39, 0.29) is 35.3 Å². The molecule has 1 aliphatic rings. The van der Waals surface area contributed by atoms with E-state index in [0.29, 0.717) is 12.1 Å². The van der Waals surface area contributed by atoms with Gasteiger partial charge in [0.2, 0.25) is 10.0 Å². The maximum absolute atomic E-state index is 12.9. The Morgan fingerprint density at radius 1 is 1.25 bits per heavy atom. The average Bonchev–Trinajstić information content (AvgIpc) is 2.54. The molecule has 1 aromatic carbocycles. The second kappa shape index (κ2) is 8.29. The average molecular weight is 376 g/mol. The lowest BCUT2D eigenvalue weighted by Crippen LogP contribution is -2.51. The van der Waals surface area contributed by atoms with Gasteiger partial charge in [0, 0.05) is 38.3 Å². The van der Waals surface area contributed by atoms with Crippen LogP contribution in [0.15, 0.2) is 29.2 Å². The number of piperidine rings is 1. The molecule has 2 N–H and O–H groups in total. The Morgan fingerprint density at radius 3 is 2.33 bits per heavy atom. The van der Waals surface area contributed by atoms with Crippen molar-refractivity contribution in [1.82, 2.24) is 9.21 Å². The molecule has 0 aliphatic carbocycles. The SMILES string of the molecule is CC(N)C1CCCCN1S(=O)(=O)c1ccc(C(=O)N(C)C)cc1.Cl. The summed E-state index contributed by atoms with van der Waals surface area (Å²) >= 11 is 0. The van der Waals surface area contributed by atoms with Gasteiger partial charge in [-0.05, 0) is 44.0 Å². The largest absolute Gasteiger partial charge is 0.345 e. The van der Waals surface area contributed by atoms with Gasteiger partial charge in [-0.15, -0.1) is 12.4 Å². The topological polar surface area (TPSA) is 83.7 Å². The summed E-state index contributed by atoms with van der Waals surface area (Å²) in [4.78, 5) is 13.6. The van der Waals surface area contributed by atoms with E-state index >= 15 is 0 Å². The molecule has 1 aliphatic heterocycles. The van der Waals surface area contributed by atoms with Gasteiger partial charge in [-0.3, -0.25) is 4.79 Å². The van der Waals surface area contributed by atoms with Gasteiger partial charge in [-0.25, -0.2) is 8.42 Å². The van der Waals surface area contributed by atoms with Gasteiger partial charge in [0.15, 0.2) is 0 Å². The fourth-order valence-corrected chi connectivity index (χ4v) is 4.69. The first-order valence-corrected chi connectivity index (χ1v) is 9.28. The number of hydrogen-bond donors (Lipinski definition) is 1. The minimum absolute atomic E-state index is 0. The molecule has 2 unspecified atom stereocenters. The number of carbonyl (C=O) groups is 1. The fourth-order valence-electron chi connectivity index (χ4n) is 2.92. The summed E-state index contributed by atoms with van der Waals surface area (Å²) < 4.78 is 27.3. The van der Waals surface area contributed by atoms with E-state index in [1.165, 1.54) is 21.3 Å². The molecule has 24 heavy (non-hydrogen) atoms. The van der Waals surface area contributed by atoms with Crippen molar-refractivity contribution in [2.75, 3.05) is 20.6 Å². The quantitative estimate of drug-likeness (QED) is 0.868.